The molecule has 0 unspecified atom stereocenters. The largest absolute Gasteiger partial charge is 0.483 e. The average molecular weight is 505 g/mol. The van der Waals surface area contributed by atoms with E-state index in [1.807, 2.05) is 39.0 Å². The first kappa shape index (κ1) is 26.4. The topological polar surface area (TPSA) is 58.6 Å². The Balaban J connectivity index is 1.81. The molecule has 184 valence electrons. The van der Waals surface area contributed by atoms with Crippen molar-refractivity contribution in [3.05, 3.63) is 63.1 Å². The number of carbonyl (C=O) groups excluding carboxylic acids is 2. The molecular formula is C27H34Cl2N2O3. The highest BCUT2D eigenvalue weighted by molar-refractivity contribution is 6.35. The normalized spacial score (nSPS) is 15.0. The summed E-state index contributed by atoms with van der Waals surface area (Å²) in [7, 11) is 0. The van der Waals surface area contributed by atoms with E-state index in [9.17, 15) is 9.59 Å². The van der Waals surface area contributed by atoms with Crippen LogP contribution in [0.3, 0.4) is 0 Å². The second-order valence-corrected chi connectivity index (χ2v) is 9.93. The molecule has 5 nitrogen and oxygen atoms in total. The summed E-state index contributed by atoms with van der Waals surface area (Å²) >= 11 is 12.5. The van der Waals surface area contributed by atoms with Crippen molar-refractivity contribution in [2.45, 2.75) is 77.9 Å². The van der Waals surface area contributed by atoms with Crippen molar-refractivity contribution in [3.8, 4) is 5.75 Å². The Morgan fingerprint density at radius 2 is 1.82 bits per heavy atom. The number of nitrogens with zero attached hydrogens (tertiary/aromatic N) is 1. The molecule has 1 aliphatic carbocycles. The number of aryl methyl sites for hydroxylation is 2. The van der Waals surface area contributed by atoms with Gasteiger partial charge in [0.2, 0.25) is 5.91 Å². The third-order valence-corrected chi connectivity index (χ3v) is 6.98. The third-order valence-electron chi connectivity index (χ3n) is 6.39. The SMILES string of the molecule is CC[C@H](C(=O)NC1CCCCC1)N(Cc1ccc(Cl)cc1Cl)C(=O)COc1cc(C)ccc1C. The standard InChI is InChI=1S/C27H34Cl2N2O3/c1-4-24(27(33)30-22-8-6-5-7-9-22)31(16-20-12-13-21(28)15-23(20)29)26(32)17-34-25-14-18(2)10-11-19(25)3/h10-15,22,24H,4-9,16-17H2,1-3H3,(H,30,33)/t24-/m1/s1. The van der Waals surface area contributed by atoms with E-state index in [1.54, 1.807) is 23.1 Å². The molecule has 1 fully saturated rings. The number of carbonyl (C=O) groups is 2. The molecule has 1 aliphatic rings. The van der Waals surface area contributed by atoms with E-state index in [1.165, 1.54) is 6.42 Å². The zero-order valence-electron chi connectivity index (χ0n) is 20.2. The Hall–Kier alpha value is -2.24. The van der Waals surface area contributed by atoms with Gasteiger partial charge in [-0.3, -0.25) is 9.59 Å². The Kier molecular flexibility index (Phi) is 9.66. The smallest absolute Gasteiger partial charge is 0.261 e. The van der Waals surface area contributed by atoms with Gasteiger partial charge in [-0.15, -0.1) is 0 Å². The molecule has 0 aliphatic heterocycles. The Bertz CT molecular complexity index is 1010. The molecule has 1 saturated carbocycles. The van der Waals surface area contributed by atoms with Crippen LogP contribution in [0.2, 0.25) is 10.0 Å². The van der Waals surface area contributed by atoms with Crippen molar-refractivity contribution < 1.29 is 14.3 Å². The minimum atomic E-state index is -0.622. The van der Waals surface area contributed by atoms with Crippen molar-refractivity contribution in [3.63, 3.8) is 0 Å². The van der Waals surface area contributed by atoms with E-state index in [-0.39, 0.29) is 31.0 Å². The van der Waals surface area contributed by atoms with Crippen LogP contribution in [0.5, 0.6) is 5.75 Å². The van der Waals surface area contributed by atoms with Crippen molar-refractivity contribution in [2.24, 2.45) is 0 Å². The summed E-state index contributed by atoms with van der Waals surface area (Å²) in [6.45, 7) is 5.87. The van der Waals surface area contributed by atoms with E-state index in [2.05, 4.69) is 5.32 Å². The number of rotatable bonds is 9. The summed E-state index contributed by atoms with van der Waals surface area (Å²) in [5.74, 6) is 0.273. The highest BCUT2D eigenvalue weighted by Crippen LogP contribution is 2.25. The summed E-state index contributed by atoms with van der Waals surface area (Å²) in [6, 6.07) is 10.6. The van der Waals surface area contributed by atoms with Crippen LogP contribution < -0.4 is 10.1 Å². The fraction of sp³-hybridized carbons (Fsp3) is 0.481. The molecule has 1 N–H and O–H groups in total. The number of hydrogen-bond donors (Lipinski definition) is 1. The lowest BCUT2D eigenvalue weighted by Crippen LogP contribution is -2.52. The quantitative estimate of drug-likeness (QED) is 0.439. The minimum absolute atomic E-state index is 0.125. The summed E-state index contributed by atoms with van der Waals surface area (Å²) in [4.78, 5) is 28.3. The van der Waals surface area contributed by atoms with Crippen LogP contribution in [0.1, 0.15) is 62.1 Å². The third kappa shape index (κ3) is 7.13. The maximum atomic E-state index is 13.4. The van der Waals surface area contributed by atoms with Gasteiger partial charge in [0.05, 0.1) is 0 Å². The minimum Gasteiger partial charge on any atom is -0.483 e. The predicted octanol–water partition coefficient (Wildman–Crippen LogP) is 6.25. The summed E-state index contributed by atoms with van der Waals surface area (Å²) < 4.78 is 5.89. The van der Waals surface area contributed by atoms with Gasteiger partial charge in [0.25, 0.3) is 5.91 Å². The molecule has 2 aromatic carbocycles. The molecule has 7 heteroatoms. The molecule has 0 bridgehead atoms. The van der Waals surface area contributed by atoms with Gasteiger partial charge >= 0.3 is 0 Å². The van der Waals surface area contributed by atoms with Crippen molar-refractivity contribution in [1.82, 2.24) is 10.2 Å². The van der Waals surface area contributed by atoms with Gasteiger partial charge < -0.3 is 15.0 Å². The Labute approximate surface area is 212 Å². The fourth-order valence-corrected chi connectivity index (χ4v) is 4.85. The molecular weight excluding hydrogens is 471 g/mol. The first-order valence-electron chi connectivity index (χ1n) is 12.0. The van der Waals surface area contributed by atoms with Crippen molar-refractivity contribution in [1.29, 1.82) is 0 Å². The monoisotopic (exact) mass is 504 g/mol. The zero-order chi connectivity index (χ0) is 24.7. The van der Waals surface area contributed by atoms with Crippen LogP contribution in [0.25, 0.3) is 0 Å². The van der Waals surface area contributed by atoms with Gasteiger partial charge in [-0.2, -0.15) is 0 Å². The van der Waals surface area contributed by atoms with Gasteiger partial charge in [-0.1, -0.05) is 67.6 Å². The van der Waals surface area contributed by atoms with Gasteiger partial charge in [0.1, 0.15) is 11.8 Å². The number of amides is 2. The summed E-state index contributed by atoms with van der Waals surface area (Å²) in [5, 5.41) is 4.16. The lowest BCUT2D eigenvalue weighted by molar-refractivity contribution is -0.143. The molecule has 1 atom stereocenters. The van der Waals surface area contributed by atoms with E-state index >= 15 is 0 Å². The molecule has 0 spiro atoms. The van der Waals surface area contributed by atoms with Crippen LogP contribution in [0.15, 0.2) is 36.4 Å². The molecule has 2 amide bonds. The molecule has 0 radical (unpaired) electrons. The van der Waals surface area contributed by atoms with Gasteiger partial charge in [0, 0.05) is 22.6 Å². The second-order valence-electron chi connectivity index (χ2n) is 9.08. The van der Waals surface area contributed by atoms with Crippen molar-refractivity contribution in [2.75, 3.05) is 6.61 Å². The number of ether oxygens (including phenoxy) is 1. The Morgan fingerprint density at radius 3 is 2.50 bits per heavy atom. The molecule has 0 aromatic heterocycles. The summed E-state index contributed by atoms with van der Waals surface area (Å²) in [5.41, 5.74) is 2.74. The average Bonchev–Trinajstić information content (AvgIpc) is 2.81. The Morgan fingerprint density at radius 1 is 1.09 bits per heavy atom. The molecule has 0 heterocycles. The van der Waals surface area contributed by atoms with E-state index < -0.39 is 6.04 Å². The molecule has 0 saturated heterocycles. The lowest BCUT2D eigenvalue weighted by atomic mass is 9.95. The van der Waals surface area contributed by atoms with Crippen LogP contribution >= 0.6 is 23.2 Å². The number of hydrogen-bond acceptors (Lipinski definition) is 3. The maximum Gasteiger partial charge on any atom is 0.261 e. The maximum absolute atomic E-state index is 13.4. The highest BCUT2D eigenvalue weighted by Gasteiger charge is 2.31. The number of halogens is 2. The van der Waals surface area contributed by atoms with E-state index in [0.29, 0.717) is 22.2 Å². The lowest BCUT2D eigenvalue weighted by Gasteiger charge is -2.33. The van der Waals surface area contributed by atoms with Crippen molar-refractivity contribution >= 4 is 35.0 Å². The van der Waals surface area contributed by atoms with E-state index in [4.69, 9.17) is 27.9 Å². The van der Waals surface area contributed by atoms with Gasteiger partial charge in [-0.05, 0) is 68.0 Å². The number of benzene rings is 2. The van der Waals surface area contributed by atoms with Crippen LogP contribution in [-0.2, 0) is 16.1 Å². The second kappa shape index (κ2) is 12.5. The predicted molar refractivity (Wildman–Crippen MR) is 138 cm³/mol. The molecule has 2 aromatic rings. The molecule has 34 heavy (non-hydrogen) atoms. The van der Waals surface area contributed by atoms with Gasteiger partial charge in [-0.25, -0.2) is 0 Å². The summed E-state index contributed by atoms with van der Waals surface area (Å²) in [6.07, 6.45) is 5.89. The number of nitrogens with one attached hydrogen (secondary N) is 1. The first-order valence-corrected chi connectivity index (χ1v) is 12.8. The fourth-order valence-electron chi connectivity index (χ4n) is 4.38. The van der Waals surface area contributed by atoms with Crippen LogP contribution in [-0.4, -0.2) is 35.4 Å². The highest BCUT2D eigenvalue weighted by atomic mass is 35.5. The van der Waals surface area contributed by atoms with Gasteiger partial charge in [0.15, 0.2) is 6.61 Å². The first-order chi connectivity index (χ1) is 16.3. The zero-order valence-corrected chi connectivity index (χ0v) is 21.7. The van der Waals surface area contributed by atoms with Crippen LogP contribution in [0, 0.1) is 13.8 Å². The molecule has 3 rings (SSSR count). The van der Waals surface area contributed by atoms with E-state index in [0.717, 1.165) is 42.4 Å². The van der Waals surface area contributed by atoms with Crippen LogP contribution in [0.4, 0.5) is 0 Å².